The van der Waals surface area contributed by atoms with E-state index in [9.17, 15) is 8.42 Å². The van der Waals surface area contributed by atoms with Crippen molar-refractivity contribution in [1.29, 1.82) is 0 Å². The molecule has 7 nitrogen and oxygen atoms in total. The van der Waals surface area contributed by atoms with Gasteiger partial charge >= 0.3 is 0 Å². The van der Waals surface area contributed by atoms with E-state index in [1.807, 2.05) is 30.5 Å². The van der Waals surface area contributed by atoms with Crippen LogP contribution in [0.4, 0.5) is 0 Å². The average molecular weight is 417 g/mol. The molecule has 1 aromatic carbocycles. The van der Waals surface area contributed by atoms with Crippen molar-refractivity contribution in [2.45, 2.75) is 24.7 Å². The number of ether oxygens (including phenoxy) is 1. The Balaban J connectivity index is 1.45. The Morgan fingerprint density at radius 1 is 1.18 bits per heavy atom. The van der Waals surface area contributed by atoms with Crippen LogP contribution >= 0.6 is 11.3 Å². The van der Waals surface area contributed by atoms with Crippen molar-refractivity contribution in [3.8, 4) is 16.3 Å². The number of sulfone groups is 1. The Morgan fingerprint density at radius 3 is 2.68 bits per heavy atom. The number of nitrogens with zero attached hydrogens (tertiary/aromatic N) is 4. The van der Waals surface area contributed by atoms with Gasteiger partial charge in [0.05, 0.1) is 12.8 Å². The van der Waals surface area contributed by atoms with Gasteiger partial charge in [-0.15, -0.1) is 11.3 Å². The molecular weight excluding hydrogens is 396 g/mol. The molecule has 0 aliphatic carbocycles. The van der Waals surface area contributed by atoms with Gasteiger partial charge in [0.2, 0.25) is 15.0 Å². The van der Waals surface area contributed by atoms with Crippen LogP contribution in [0.3, 0.4) is 0 Å². The first-order valence-electron chi connectivity index (χ1n) is 8.79. The molecule has 0 unspecified atom stereocenters. The lowest BCUT2D eigenvalue weighted by atomic mass is 10.1. The molecule has 28 heavy (non-hydrogen) atoms. The van der Waals surface area contributed by atoms with Crippen LogP contribution in [0.25, 0.3) is 10.6 Å². The summed E-state index contributed by atoms with van der Waals surface area (Å²) in [5, 5.41) is 0.891. The summed E-state index contributed by atoms with van der Waals surface area (Å²) in [6.07, 6.45) is 5.40. The standard InChI is InChI=1S/C19H20N4O3S2/c1-26-15-5-3-13(4-6-15)18-20-10-16(27-18)12-23-8-7-17-14(11-23)9-21-19(22-17)28(2,24)25/h3-6,9-10H,7-8,11-12H2,1-2H3. The van der Waals surface area contributed by atoms with Gasteiger partial charge < -0.3 is 4.74 Å². The predicted molar refractivity (Wildman–Crippen MR) is 107 cm³/mol. The molecule has 3 aromatic rings. The third-order valence-electron chi connectivity index (χ3n) is 4.59. The van der Waals surface area contributed by atoms with E-state index in [1.54, 1.807) is 24.6 Å². The molecule has 0 atom stereocenters. The maximum absolute atomic E-state index is 11.6. The average Bonchev–Trinajstić information content (AvgIpc) is 3.15. The van der Waals surface area contributed by atoms with Crippen molar-refractivity contribution >= 4 is 21.2 Å². The molecular formula is C19H20N4O3S2. The molecule has 0 saturated carbocycles. The molecule has 0 N–H and O–H groups in total. The molecule has 0 spiro atoms. The number of thiazole rings is 1. The van der Waals surface area contributed by atoms with E-state index in [4.69, 9.17) is 4.74 Å². The summed E-state index contributed by atoms with van der Waals surface area (Å²) in [4.78, 5) is 16.3. The number of hydrogen-bond donors (Lipinski definition) is 0. The molecule has 1 aliphatic rings. The van der Waals surface area contributed by atoms with E-state index in [-0.39, 0.29) is 5.16 Å². The largest absolute Gasteiger partial charge is 0.497 e. The van der Waals surface area contributed by atoms with Gasteiger partial charge in [0.1, 0.15) is 10.8 Å². The summed E-state index contributed by atoms with van der Waals surface area (Å²) in [6.45, 7) is 2.32. The van der Waals surface area contributed by atoms with E-state index >= 15 is 0 Å². The fraction of sp³-hybridized carbons (Fsp3) is 0.316. The van der Waals surface area contributed by atoms with E-state index in [2.05, 4.69) is 19.9 Å². The van der Waals surface area contributed by atoms with Crippen LogP contribution in [0, 0.1) is 0 Å². The predicted octanol–water partition coefficient (Wildman–Crippen LogP) is 2.57. The highest BCUT2D eigenvalue weighted by atomic mass is 32.2. The van der Waals surface area contributed by atoms with Crippen molar-refractivity contribution in [3.05, 3.63) is 52.8 Å². The monoisotopic (exact) mass is 416 g/mol. The van der Waals surface area contributed by atoms with E-state index in [1.165, 1.54) is 4.88 Å². The highest BCUT2D eigenvalue weighted by Gasteiger charge is 2.21. The Bertz CT molecular complexity index is 1090. The molecule has 2 aromatic heterocycles. The Kier molecular flexibility index (Phi) is 5.13. The molecule has 0 amide bonds. The highest BCUT2D eigenvalue weighted by molar-refractivity contribution is 7.90. The smallest absolute Gasteiger partial charge is 0.246 e. The quantitative estimate of drug-likeness (QED) is 0.591. The second kappa shape index (κ2) is 7.57. The number of rotatable bonds is 5. The van der Waals surface area contributed by atoms with Gasteiger partial charge in [-0.3, -0.25) is 4.90 Å². The summed E-state index contributed by atoms with van der Waals surface area (Å²) >= 11 is 1.68. The molecule has 0 radical (unpaired) electrons. The van der Waals surface area contributed by atoms with Crippen LogP contribution in [0.5, 0.6) is 5.75 Å². The van der Waals surface area contributed by atoms with Crippen molar-refractivity contribution in [2.24, 2.45) is 0 Å². The van der Waals surface area contributed by atoms with Gasteiger partial charge in [0.15, 0.2) is 0 Å². The number of fused-ring (bicyclic) bond motifs is 1. The molecule has 4 rings (SSSR count). The second-order valence-electron chi connectivity index (χ2n) is 6.72. The summed E-state index contributed by atoms with van der Waals surface area (Å²) in [7, 11) is -1.72. The van der Waals surface area contributed by atoms with Gasteiger partial charge in [-0.05, 0) is 24.3 Å². The lowest BCUT2D eigenvalue weighted by Gasteiger charge is -2.27. The summed E-state index contributed by atoms with van der Waals surface area (Å²) in [5.74, 6) is 0.828. The summed E-state index contributed by atoms with van der Waals surface area (Å²) in [6, 6.07) is 7.88. The van der Waals surface area contributed by atoms with E-state index in [0.29, 0.717) is 13.0 Å². The zero-order valence-corrected chi connectivity index (χ0v) is 17.3. The fourth-order valence-corrected chi connectivity index (χ4v) is 4.62. The summed E-state index contributed by atoms with van der Waals surface area (Å²) in [5.41, 5.74) is 2.89. The Morgan fingerprint density at radius 2 is 1.96 bits per heavy atom. The SMILES string of the molecule is COc1ccc(-c2ncc(CN3CCc4nc(S(C)(=O)=O)ncc4C3)s2)cc1. The van der Waals surface area contributed by atoms with Gasteiger partial charge in [0, 0.05) is 60.7 Å². The lowest BCUT2D eigenvalue weighted by molar-refractivity contribution is 0.244. The molecule has 9 heteroatoms. The fourth-order valence-electron chi connectivity index (χ4n) is 3.14. The number of benzene rings is 1. The topological polar surface area (TPSA) is 85.3 Å². The first kappa shape index (κ1) is 19.0. The highest BCUT2D eigenvalue weighted by Crippen LogP contribution is 2.28. The minimum atomic E-state index is -3.38. The van der Waals surface area contributed by atoms with Crippen molar-refractivity contribution in [2.75, 3.05) is 19.9 Å². The van der Waals surface area contributed by atoms with Crippen molar-refractivity contribution in [1.82, 2.24) is 19.9 Å². The second-order valence-corrected chi connectivity index (χ2v) is 9.74. The number of methoxy groups -OCH3 is 1. The maximum atomic E-state index is 11.6. The molecule has 0 saturated heterocycles. The van der Waals surface area contributed by atoms with Crippen molar-refractivity contribution < 1.29 is 13.2 Å². The Labute approximate surface area is 168 Å². The van der Waals surface area contributed by atoms with Crippen LogP contribution in [0.15, 0.2) is 41.8 Å². The van der Waals surface area contributed by atoms with Crippen LogP contribution in [-0.4, -0.2) is 48.2 Å². The third-order valence-corrected chi connectivity index (χ3v) is 6.48. The van der Waals surface area contributed by atoms with Gasteiger partial charge in [-0.1, -0.05) is 0 Å². The van der Waals surface area contributed by atoms with Gasteiger partial charge in [0.25, 0.3) is 0 Å². The zero-order chi connectivity index (χ0) is 19.7. The van der Waals surface area contributed by atoms with Crippen molar-refractivity contribution in [3.63, 3.8) is 0 Å². The van der Waals surface area contributed by atoms with E-state index in [0.717, 1.165) is 46.9 Å². The van der Waals surface area contributed by atoms with Crippen LogP contribution < -0.4 is 4.74 Å². The molecule has 0 fully saturated rings. The molecule has 0 bridgehead atoms. The van der Waals surface area contributed by atoms with Crippen LogP contribution in [-0.2, 0) is 29.3 Å². The Hall–Kier alpha value is -2.36. The summed E-state index contributed by atoms with van der Waals surface area (Å²) < 4.78 is 28.5. The normalized spacial score (nSPS) is 14.6. The number of hydrogen-bond acceptors (Lipinski definition) is 8. The van der Waals surface area contributed by atoms with E-state index < -0.39 is 9.84 Å². The van der Waals surface area contributed by atoms with Crippen LogP contribution in [0.2, 0.25) is 0 Å². The first-order chi connectivity index (χ1) is 13.4. The van der Waals surface area contributed by atoms with Crippen LogP contribution in [0.1, 0.15) is 16.1 Å². The maximum Gasteiger partial charge on any atom is 0.246 e. The number of aromatic nitrogens is 3. The molecule has 3 heterocycles. The first-order valence-corrected chi connectivity index (χ1v) is 11.5. The minimum Gasteiger partial charge on any atom is -0.497 e. The van der Waals surface area contributed by atoms with Gasteiger partial charge in [-0.2, -0.15) is 0 Å². The lowest BCUT2D eigenvalue weighted by Crippen LogP contribution is -2.31. The molecule has 146 valence electrons. The van der Waals surface area contributed by atoms with Gasteiger partial charge in [-0.25, -0.2) is 23.4 Å². The molecule has 1 aliphatic heterocycles. The third kappa shape index (κ3) is 4.06. The minimum absolute atomic E-state index is 0.0914. The zero-order valence-electron chi connectivity index (χ0n) is 15.6.